The molecule has 3 heteroatoms. The van der Waals surface area contributed by atoms with E-state index in [1.165, 1.54) is 25.7 Å². The normalized spacial score (nSPS) is 31.7. The maximum atomic E-state index is 5.83. The molecule has 1 aliphatic heterocycles. The van der Waals surface area contributed by atoms with E-state index in [0.717, 1.165) is 25.6 Å². The minimum absolute atomic E-state index is 0.159. The van der Waals surface area contributed by atoms with Crippen LogP contribution in [0.2, 0.25) is 0 Å². The fourth-order valence-electron chi connectivity index (χ4n) is 2.26. The first-order valence-corrected chi connectivity index (χ1v) is 5.81. The summed E-state index contributed by atoms with van der Waals surface area (Å²) in [6, 6.07) is 0. The standard InChI is InChI=1S/C11H22N2O/c1-11(8-12,9-4-5-9)13-7-10-3-2-6-14-10/h9-10,13H,2-8,12H2,1H3. The SMILES string of the molecule is CC(CN)(NCC1CCCO1)C1CC1. The summed E-state index contributed by atoms with van der Waals surface area (Å²) in [4.78, 5) is 0. The number of nitrogens with two attached hydrogens (primary N) is 1. The predicted octanol–water partition coefficient (Wildman–Crippen LogP) is 0.882. The molecule has 0 aromatic carbocycles. The summed E-state index contributed by atoms with van der Waals surface area (Å²) in [5.41, 5.74) is 5.99. The summed E-state index contributed by atoms with van der Waals surface area (Å²) in [5, 5.41) is 3.60. The van der Waals surface area contributed by atoms with E-state index in [0.29, 0.717) is 6.10 Å². The second-order valence-corrected chi connectivity index (χ2v) is 4.91. The van der Waals surface area contributed by atoms with Gasteiger partial charge in [-0.3, -0.25) is 0 Å². The Balaban J connectivity index is 1.76. The molecule has 14 heavy (non-hydrogen) atoms. The summed E-state index contributed by atoms with van der Waals surface area (Å²) in [5.74, 6) is 0.800. The molecular weight excluding hydrogens is 176 g/mol. The Morgan fingerprint density at radius 3 is 2.71 bits per heavy atom. The van der Waals surface area contributed by atoms with Crippen molar-refractivity contribution in [1.82, 2.24) is 5.32 Å². The van der Waals surface area contributed by atoms with Crippen LogP contribution < -0.4 is 11.1 Å². The smallest absolute Gasteiger partial charge is 0.0700 e. The maximum Gasteiger partial charge on any atom is 0.0700 e. The summed E-state index contributed by atoms with van der Waals surface area (Å²) >= 11 is 0. The Morgan fingerprint density at radius 1 is 1.43 bits per heavy atom. The van der Waals surface area contributed by atoms with E-state index in [-0.39, 0.29) is 5.54 Å². The number of rotatable bonds is 5. The summed E-state index contributed by atoms with van der Waals surface area (Å²) in [6.45, 7) is 4.91. The van der Waals surface area contributed by atoms with Gasteiger partial charge in [-0.25, -0.2) is 0 Å². The van der Waals surface area contributed by atoms with Crippen LogP contribution in [0.3, 0.4) is 0 Å². The molecule has 1 saturated carbocycles. The minimum atomic E-state index is 0.159. The highest BCUT2D eigenvalue weighted by Gasteiger charge is 2.40. The number of hydrogen-bond donors (Lipinski definition) is 2. The third-order valence-corrected chi connectivity index (χ3v) is 3.66. The van der Waals surface area contributed by atoms with E-state index in [9.17, 15) is 0 Å². The molecule has 1 aliphatic carbocycles. The molecule has 3 N–H and O–H groups in total. The van der Waals surface area contributed by atoms with Crippen LogP contribution in [0.5, 0.6) is 0 Å². The largest absolute Gasteiger partial charge is 0.377 e. The summed E-state index contributed by atoms with van der Waals surface area (Å²) < 4.78 is 5.59. The van der Waals surface area contributed by atoms with Crippen molar-refractivity contribution < 1.29 is 4.74 Å². The van der Waals surface area contributed by atoms with E-state index >= 15 is 0 Å². The van der Waals surface area contributed by atoms with Crippen LogP contribution in [0, 0.1) is 5.92 Å². The summed E-state index contributed by atoms with van der Waals surface area (Å²) in [7, 11) is 0. The fraction of sp³-hybridized carbons (Fsp3) is 1.00. The zero-order chi connectivity index (χ0) is 10.0. The van der Waals surface area contributed by atoms with Crippen molar-refractivity contribution in [1.29, 1.82) is 0 Å². The molecule has 2 unspecified atom stereocenters. The Morgan fingerprint density at radius 2 is 2.21 bits per heavy atom. The monoisotopic (exact) mass is 198 g/mol. The van der Waals surface area contributed by atoms with Gasteiger partial charge in [0.2, 0.25) is 0 Å². The van der Waals surface area contributed by atoms with Crippen LogP contribution in [0.25, 0.3) is 0 Å². The number of nitrogens with one attached hydrogen (secondary N) is 1. The fourth-order valence-corrected chi connectivity index (χ4v) is 2.26. The van der Waals surface area contributed by atoms with Gasteiger partial charge >= 0.3 is 0 Å². The molecule has 2 atom stereocenters. The van der Waals surface area contributed by atoms with Crippen LogP contribution in [0.1, 0.15) is 32.6 Å². The quantitative estimate of drug-likeness (QED) is 0.689. The Labute approximate surface area is 86.4 Å². The highest BCUT2D eigenvalue weighted by atomic mass is 16.5. The van der Waals surface area contributed by atoms with Crippen LogP contribution in [-0.4, -0.2) is 31.3 Å². The zero-order valence-corrected chi connectivity index (χ0v) is 9.09. The van der Waals surface area contributed by atoms with Gasteiger partial charge in [0.25, 0.3) is 0 Å². The van der Waals surface area contributed by atoms with E-state index in [1.807, 2.05) is 0 Å². The van der Waals surface area contributed by atoms with Crippen molar-refractivity contribution in [2.24, 2.45) is 11.7 Å². The highest BCUT2D eigenvalue weighted by Crippen LogP contribution is 2.39. The lowest BCUT2D eigenvalue weighted by atomic mass is 9.95. The van der Waals surface area contributed by atoms with Crippen molar-refractivity contribution in [2.45, 2.75) is 44.2 Å². The van der Waals surface area contributed by atoms with E-state index in [4.69, 9.17) is 10.5 Å². The van der Waals surface area contributed by atoms with Gasteiger partial charge < -0.3 is 15.8 Å². The minimum Gasteiger partial charge on any atom is -0.377 e. The van der Waals surface area contributed by atoms with Crippen LogP contribution in [0.15, 0.2) is 0 Å². The van der Waals surface area contributed by atoms with Gasteiger partial charge in [-0.2, -0.15) is 0 Å². The average molecular weight is 198 g/mol. The van der Waals surface area contributed by atoms with E-state index in [1.54, 1.807) is 0 Å². The van der Waals surface area contributed by atoms with Crippen LogP contribution in [-0.2, 0) is 4.74 Å². The molecule has 2 aliphatic rings. The van der Waals surface area contributed by atoms with Crippen LogP contribution >= 0.6 is 0 Å². The first-order chi connectivity index (χ1) is 6.74. The number of hydrogen-bond acceptors (Lipinski definition) is 3. The molecule has 1 saturated heterocycles. The molecule has 0 aromatic rings. The van der Waals surface area contributed by atoms with Crippen molar-refractivity contribution in [3.05, 3.63) is 0 Å². The van der Waals surface area contributed by atoms with Gasteiger partial charge in [-0.15, -0.1) is 0 Å². The van der Waals surface area contributed by atoms with Crippen molar-refractivity contribution >= 4 is 0 Å². The highest BCUT2D eigenvalue weighted by molar-refractivity contribution is 4.99. The summed E-state index contributed by atoms with van der Waals surface area (Å²) in [6.07, 6.45) is 5.53. The molecular formula is C11H22N2O. The van der Waals surface area contributed by atoms with Gasteiger partial charge in [0, 0.05) is 25.2 Å². The van der Waals surface area contributed by atoms with E-state index < -0.39 is 0 Å². The van der Waals surface area contributed by atoms with Gasteiger partial charge in [-0.05, 0) is 38.5 Å². The first-order valence-electron chi connectivity index (χ1n) is 5.81. The molecule has 0 amide bonds. The lowest BCUT2D eigenvalue weighted by molar-refractivity contribution is 0.100. The molecule has 2 fully saturated rings. The maximum absolute atomic E-state index is 5.83. The lowest BCUT2D eigenvalue weighted by Crippen LogP contribution is -2.52. The topological polar surface area (TPSA) is 47.3 Å². The second-order valence-electron chi connectivity index (χ2n) is 4.91. The molecule has 82 valence electrons. The molecule has 0 spiro atoms. The van der Waals surface area contributed by atoms with Gasteiger partial charge in [0.1, 0.15) is 0 Å². The Hall–Kier alpha value is -0.120. The zero-order valence-electron chi connectivity index (χ0n) is 9.09. The average Bonchev–Trinajstić information content (AvgIpc) is 2.94. The third-order valence-electron chi connectivity index (χ3n) is 3.66. The Kier molecular flexibility index (Phi) is 3.10. The van der Waals surface area contributed by atoms with Crippen molar-refractivity contribution in [3.63, 3.8) is 0 Å². The van der Waals surface area contributed by atoms with Crippen LogP contribution in [0.4, 0.5) is 0 Å². The lowest BCUT2D eigenvalue weighted by Gasteiger charge is -2.30. The van der Waals surface area contributed by atoms with Gasteiger partial charge in [-0.1, -0.05) is 0 Å². The first kappa shape index (κ1) is 10.4. The van der Waals surface area contributed by atoms with E-state index in [2.05, 4.69) is 12.2 Å². The molecule has 2 rings (SSSR count). The van der Waals surface area contributed by atoms with Gasteiger partial charge in [0.15, 0.2) is 0 Å². The van der Waals surface area contributed by atoms with Gasteiger partial charge in [0.05, 0.1) is 6.10 Å². The molecule has 0 radical (unpaired) electrons. The molecule has 1 heterocycles. The second kappa shape index (κ2) is 4.17. The molecule has 0 aromatic heterocycles. The third kappa shape index (κ3) is 2.27. The molecule has 0 bridgehead atoms. The van der Waals surface area contributed by atoms with Crippen molar-refractivity contribution in [3.8, 4) is 0 Å². The molecule has 3 nitrogen and oxygen atoms in total. The predicted molar refractivity (Wildman–Crippen MR) is 57.2 cm³/mol. The van der Waals surface area contributed by atoms with Crippen molar-refractivity contribution in [2.75, 3.05) is 19.7 Å². The Bertz CT molecular complexity index is 188. The number of ether oxygens (including phenoxy) is 1.